The second kappa shape index (κ2) is 10.0. The van der Waals surface area contributed by atoms with Crippen molar-refractivity contribution in [3.63, 3.8) is 0 Å². The highest BCUT2D eigenvalue weighted by Gasteiger charge is 2.34. The van der Waals surface area contributed by atoms with Crippen LogP contribution in [-0.2, 0) is 39.8 Å². The molecule has 1 aromatic rings. The molecule has 0 N–H and O–H groups in total. The molecule has 0 unspecified atom stereocenters. The van der Waals surface area contributed by atoms with Crippen molar-refractivity contribution >= 4 is 55.5 Å². The van der Waals surface area contributed by atoms with E-state index in [1.165, 1.54) is 19.1 Å². The molecule has 1 aromatic carbocycles. The normalized spacial score (nSPS) is 14.0. The highest BCUT2D eigenvalue weighted by molar-refractivity contribution is 9.11. The number of esters is 3. The lowest BCUT2D eigenvalue weighted by molar-refractivity contribution is -0.142. The molecule has 0 fully saturated rings. The summed E-state index contributed by atoms with van der Waals surface area (Å²) >= 11 is 6.93. The number of rotatable bonds is 6. The van der Waals surface area contributed by atoms with E-state index in [9.17, 15) is 14.4 Å². The van der Waals surface area contributed by atoms with Crippen LogP contribution in [0.15, 0.2) is 32.3 Å². The quantitative estimate of drug-likeness (QED) is 0.417. The van der Waals surface area contributed by atoms with Gasteiger partial charge < -0.3 is 23.8 Å². The molecule has 28 heavy (non-hydrogen) atoms. The van der Waals surface area contributed by atoms with Crippen molar-refractivity contribution in [3.05, 3.63) is 37.9 Å². The number of ether oxygens (including phenoxy) is 4. The van der Waals surface area contributed by atoms with Gasteiger partial charge in [-0.3, -0.25) is 4.79 Å². The molecule has 10 heteroatoms. The number of methoxy groups -OCH3 is 2. The Kier molecular flexibility index (Phi) is 8.02. The van der Waals surface area contributed by atoms with Crippen LogP contribution < -0.4 is 4.90 Å². The van der Waals surface area contributed by atoms with E-state index < -0.39 is 11.9 Å². The highest BCUT2D eigenvalue weighted by atomic mass is 79.9. The van der Waals surface area contributed by atoms with Gasteiger partial charge in [0.15, 0.2) is 0 Å². The Balaban J connectivity index is 2.51. The van der Waals surface area contributed by atoms with Gasteiger partial charge in [-0.25, -0.2) is 9.59 Å². The van der Waals surface area contributed by atoms with Crippen molar-refractivity contribution in [2.24, 2.45) is 0 Å². The number of carbonyl (C=O) groups is 3. The van der Waals surface area contributed by atoms with Crippen molar-refractivity contribution in [2.75, 3.05) is 39.1 Å². The molecule has 0 radical (unpaired) electrons. The Hall–Kier alpha value is -1.91. The van der Waals surface area contributed by atoms with E-state index in [2.05, 4.69) is 31.9 Å². The molecule has 0 aromatic heterocycles. The summed E-state index contributed by atoms with van der Waals surface area (Å²) in [6.45, 7) is 1.97. The smallest absolute Gasteiger partial charge is 0.355 e. The minimum absolute atomic E-state index is 0.0132. The number of anilines is 1. The summed E-state index contributed by atoms with van der Waals surface area (Å²) in [5.74, 6) is -1.73. The van der Waals surface area contributed by atoms with Gasteiger partial charge in [-0.2, -0.15) is 0 Å². The first-order valence-corrected chi connectivity index (χ1v) is 9.81. The topological polar surface area (TPSA) is 91.4 Å². The second-order valence-corrected chi connectivity index (χ2v) is 7.31. The summed E-state index contributed by atoms with van der Waals surface area (Å²) in [6, 6.07) is 3.47. The van der Waals surface area contributed by atoms with Gasteiger partial charge in [-0.1, -0.05) is 0 Å². The average molecular weight is 521 g/mol. The van der Waals surface area contributed by atoms with Crippen molar-refractivity contribution < 1.29 is 33.3 Å². The van der Waals surface area contributed by atoms with Gasteiger partial charge in [0.2, 0.25) is 0 Å². The standard InChI is InChI=1S/C18H19Br2NO7/c1-4-28-14(22)7-10-5-12(19)16(13(20)6-10)21-9-27-8-11(17(23)25-2)15(21)18(24)26-3/h5-6H,4,7-9H2,1-3H3. The lowest BCUT2D eigenvalue weighted by atomic mass is 10.1. The predicted octanol–water partition coefficient (Wildman–Crippen LogP) is 2.71. The Morgan fingerprint density at radius 3 is 2.25 bits per heavy atom. The molecule has 0 aliphatic carbocycles. The fraction of sp³-hybridized carbons (Fsp3) is 0.389. The van der Waals surface area contributed by atoms with E-state index >= 15 is 0 Å². The number of benzene rings is 1. The van der Waals surface area contributed by atoms with E-state index in [0.29, 0.717) is 26.8 Å². The maximum absolute atomic E-state index is 12.4. The molecular weight excluding hydrogens is 502 g/mol. The third-order valence-electron chi connectivity index (χ3n) is 3.83. The van der Waals surface area contributed by atoms with Crippen molar-refractivity contribution in [2.45, 2.75) is 13.3 Å². The van der Waals surface area contributed by atoms with E-state index in [0.717, 1.165) is 0 Å². The van der Waals surface area contributed by atoms with Crippen molar-refractivity contribution in [1.82, 2.24) is 0 Å². The van der Waals surface area contributed by atoms with Crippen LogP contribution in [0.1, 0.15) is 12.5 Å². The fourth-order valence-corrected chi connectivity index (χ4v) is 4.39. The SMILES string of the molecule is CCOC(=O)Cc1cc(Br)c(N2COCC(C(=O)OC)=C2C(=O)OC)c(Br)c1. The number of carbonyl (C=O) groups excluding carboxylic acids is 3. The zero-order valence-electron chi connectivity index (χ0n) is 15.5. The molecule has 0 saturated carbocycles. The predicted molar refractivity (Wildman–Crippen MR) is 107 cm³/mol. The molecule has 1 heterocycles. The lowest BCUT2D eigenvalue weighted by Crippen LogP contribution is -2.39. The lowest BCUT2D eigenvalue weighted by Gasteiger charge is -2.32. The minimum Gasteiger partial charge on any atom is -0.466 e. The molecule has 0 amide bonds. The third-order valence-corrected chi connectivity index (χ3v) is 5.04. The molecule has 2 rings (SSSR count). The summed E-state index contributed by atoms with van der Waals surface area (Å²) < 4.78 is 21.2. The first-order valence-electron chi connectivity index (χ1n) is 8.22. The van der Waals surface area contributed by atoms with Gasteiger partial charge in [0, 0.05) is 8.95 Å². The van der Waals surface area contributed by atoms with Crippen LogP contribution in [-0.4, -0.2) is 52.1 Å². The molecule has 152 valence electrons. The van der Waals surface area contributed by atoms with Gasteiger partial charge >= 0.3 is 17.9 Å². The summed E-state index contributed by atoms with van der Waals surface area (Å²) in [5.41, 5.74) is 1.32. The van der Waals surface area contributed by atoms with Crippen LogP contribution in [0.3, 0.4) is 0 Å². The zero-order chi connectivity index (χ0) is 20.8. The second-order valence-electron chi connectivity index (χ2n) is 5.61. The number of nitrogens with zero attached hydrogens (tertiary/aromatic N) is 1. The number of halogens is 2. The number of hydrogen-bond acceptors (Lipinski definition) is 8. The van der Waals surface area contributed by atoms with Crippen LogP contribution in [0.4, 0.5) is 5.69 Å². The van der Waals surface area contributed by atoms with Crippen LogP contribution >= 0.6 is 31.9 Å². The average Bonchev–Trinajstić information content (AvgIpc) is 2.66. The van der Waals surface area contributed by atoms with Crippen LogP contribution in [0, 0.1) is 0 Å². The Morgan fingerprint density at radius 2 is 1.71 bits per heavy atom. The van der Waals surface area contributed by atoms with Gasteiger partial charge in [0.05, 0.1) is 45.1 Å². The van der Waals surface area contributed by atoms with Gasteiger partial charge in [0.1, 0.15) is 12.4 Å². The van der Waals surface area contributed by atoms with E-state index in [1.54, 1.807) is 19.1 Å². The van der Waals surface area contributed by atoms with Gasteiger partial charge in [0.25, 0.3) is 0 Å². The Morgan fingerprint density at radius 1 is 1.11 bits per heavy atom. The van der Waals surface area contributed by atoms with E-state index in [4.69, 9.17) is 18.9 Å². The Labute approximate surface area is 179 Å². The van der Waals surface area contributed by atoms with E-state index in [-0.39, 0.29) is 37.0 Å². The summed E-state index contributed by atoms with van der Waals surface area (Å²) in [6.07, 6.45) is 0.0922. The molecule has 0 bridgehead atoms. The monoisotopic (exact) mass is 519 g/mol. The first kappa shape index (κ1) is 22.4. The molecule has 1 aliphatic heterocycles. The highest BCUT2D eigenvalue weighted by Crippen LogP contribution is 2.39. The number of hydrogen-bond donors (Lipinski definition) is 0. The Bertz CT molecular complexity index is 799. The van der Waals surface area contributed by atoms with Crippen molar-refractivity contribution in [1.29, 1.82) is 0 Å². The zero-order valence-corrected chi connectivity index (χ0v) is 18.7. The maximum Gasteiger partial charge on any atom is 0.355 e. The van der Waals surface area contributed by atoms with Crippen LogP contribution in [0.25, 0.3) is 0 Å². The fourth-order valence-electron chi connectivity index (χ4n) is 2.68. The molecule has 1 aliphatic rings. The molecular formula is C18H19Br2NO7. The first-order chi connectivity index (χ1) is 13.3. The van der Waals surface area contributed by atoms with E-state index in [1.807, 2.05) is 0 Å². The van der Waals surface area contributed by atoms with Gasteiger partial charge in [-0.05, 0) is 56.5 Å². The van der Waals surface area contributed by atoms with Gasteiger partial charge in [-0.15, -0.1) is 0 Å². The molecule has 8 nitrogen and oxygen atoms in total. The molecule has 0 saturated heterocycles. The molecule has 0 spiro atoms. The summed E-state index contributed by atoms with van der Waals surface area (Å²) in [7, 11) is 2.45. The van der Waals surface area contributed by atoms with Crippen LogP contribution in [0.5, 0.6) is 0 Å². The largest absolute Gasteiger partial charge is 0.466 e. The maximum atomic E-state index is 12.4. The summed E-state index contributed by atoms with van der Waals surface area (Å²) in [5, 5.41) is 0. The third kappa shape index (κ3) is 4.92. The van der Waals surface area contributed by atoms with Crippen molar-refractivity contribution in [3.8, 4) is 0 Å². The summed E-state index contributed by atoms with van der Waals surface area (Å²) in [4.78, 5) is 37.8. The van der Waals surface area contributed by atoms with Crippen LogP contribution in [0.2, 0.25) is 0 Å². The minimum atomic E-state index is -0.696. The molecule has 0 atom stereocenters.